The van der Waals surface area contributed by atoms with Crippen LogP contribution in [0.1, 0.15) is 12.5 Å². The summed E-state index contributed by atoms with van der Waals surface area (Å²) in [6.45, 7) is 1.58. The van der Waals surface area contributed by atoms with Crippen molar-refractivity contribution >= 4 is 50.8 Å². The quantitative estimate of drug-likeness (QED) is 0.700. The third-order valence-electron chi connectivity index (χ3n) is 1.99. The average molecular weight is 338 g/mol. The average Bonchev–Trinajstić information content (AvgIpc) is 2.30. The van der Waals surface area contributed by atoms with Crippen LogP contribution in [0, 0.1) is 0 Å². The van der Waals surface area contributed by atoms with Crippen LogP contribution in [0.4, 0.5) is 10.5 Å². The standard InChI is InChI=1S/C10H12ClN3O4S2/c1-2-18-10(15)14-20(16,17)13-8-5-6(9(12)19)3-4-7(8)11/h3-5,13H,2H2,1H3,(H2,12,19)(H,14,15). The zero-order valence-electron chi connectivity index (χ0n) is 10.3. The molecule has 4 N–H and O–H groups in total. The number of hydrogen-bond acceptors (Lipinski definition) is 5. The maximum atomic E-state index is 11.7. The van der Waals surface area contributed by atoms with E-state index in [0.717, 1.165) is 0 Å². The van der Waals surface area contributed by atoms with Crippen LogP contribution in [0.5, 0.6) is 0 Å². The highest BCUT2D eigenvalue weighted by molar-refractivity contribution is 7.91. The number of nitrogens with one attached hydrogen (secondary N) is 2. The molecule has 0 aliphatic rings. The molecule has 0 atom stereocenters. The van der Waals surface area contributed by atoms with Gasteiger partial charge in [-0.15, -0.1) is 0 Å². The molecule has 0 heterocycles. The van der Waals surface area contributed by atoms with Crippen LogP contribution in [0.25, 0.3) is 0 Å². The zero-order chi connectivity index (χ0) is 15.3. The van der Waals surface area contributed by atoms with Gasteiger partial charge in [0.05, 0.1) is 17.3 Å². The smallest absolute Gasteiger partial charge is 0.422 e. The molecule has 0 spiro atoms. The first kappa shape index (κ1) is 16.5. The topological polar surface area (TPSA) is 111 Å². The number of benzene rings is 1. The van der Waals surface area contributed by atoms with Gasteiger partial charge in [-0.1, -0.05) is 29.9 Å². The van der Waals surface area contributed by atoms with E-state index < -0.39 is 16.3 Å². The molecule has 1 rings (SSSR count). The van der Waals surface area contributed by atoms with Crippen LogP contribution in [0.2, 0.25) is 5.02 Å². The van der Waals surface area contributed by atoms with Crippen LogP contribution < -0.4 is 15.2 Å². The number of rotatable bonds is 5. The predicted molar refractivity (Wildman–Crippen MR) is 80.0 cm³/mol. The first-order valence-corrected chi connectivity index (χ1v) is 7.58. The first-order chi connectivity index (χ1) is 9.25. The first-order valence-electron chi connectivity index (χ1n) is 5.32. The molecular formula is C10H12ClN3O4S2. The minimum Gasteiger partial charge on any atom is -0.449 e. The highest BCUT2D eigenvalue weighted by atomic mass is 35.5. The molecule has 0 fully saturated rings. The molecule has 0 aromatic heterocycles. The lowest BCUT2D eigenvalue weighted by molar-refractivity contribution is 0.159. The van der Waals surface area contributed by atoms with E-state index in [0.29, 0.717) is 5.56 Å². The van der Waals surface area contributed by atoms with Crippen LogP contribution in [-0.2, 0) is 14.9 Å². The minimum absolute atomic E-state index is 0.0359. The molecule has 0 saturated heterocycles. The van der Waals surface area contributed by atoms with Gasteiger partial charge in [0.1, 0.15) is 4.99 Å². The molecule has 1 aromatic carbocycles. The summed E-state index contributed by atoms with van der Waals surface area (Å²) in [4.78, 5) is 11.2. The van der Waals surface area contributed by atoms with E-state index in [1.807, 2.05) is 0 Å². The second-order valence-corrected chi connectivity index (χ2v) is 5.75. The number of carbonyl (C=O) groups is 1. The van der Waals surface area contributed by atoms with Gasteiger partial charge < -0.3 is 10.5 Å². The van der Waals surface area contributed by atoms with E-state index in [2.05, 4.69) is 9.46 Å². The van der Waals surface area contributed by atoms with Crippen LogP contribution >= 0.6 is 23.8 Å². The van der Waals surface area contributed by atoms with Crippen molar-refractivity contribution < 1.29 is 17.9 Å². The molecule has 0 aliphatic carbocycles. The predicted octanol–water partition coefficient (Wildman–Crippen LogP) is 1.38. The fourth-order valence-electron chi connectivity index (χ4n) is 1.20. The number of thiocarbonyl (C=S) groups is 1. The van der Waals surface area contributed by atoms with Crippen molar-refractivity contribution in [3.63, 3.8) is 0 Å². The van der Waals surface area contributed by atoms with E-state index in [-0.39, 0.29) is 22.3 Å². The monoisotopic (exact) mass is 337 g/mol. The molecule has 7 nitrogen and oxygen atoms in total. The molecule has 1 amide bonds. The fourth-order valence-corrected chi connectivity index (χ4v) is 2.33. The van der Waals surface area contributed by atoms with Crippen LogP contribution in [0.3, 0.4) is 0 Å². The maximum absolute atomic E-state index is 11.7. The Morgan fingerprint density at radius 3 is 2.70 bits per heavy atom. The van der Waals surface area contributed by atoms with Crippen molar-refractivity contribution in [3.05, 3.63) is 28.8 Å². The summed E-state index contributed by atoms with van der Waals surface area (Å²) in [5, 5.41) is 0.124. The number of halogens is 1. The van der Waals surface area contributed by atoms with Crippen molar-refractivity contribution in [2.45, 2.75) is 6.92 Å². The Balaban J connectivity index is 2.94. The lowest BCUT2D eigenvalue weighted by Gasteiger charge is -2.11. The van der Waals surface area contributed by atoms with Crippen molar-refractivity contribution in [3.8, 4) is 0 Å². The van der Waals surface area contributed by atoms with Crippen molar-refractivity contribution in [1.29, 1.82) is 0 Å². The van der Waals surface area contributed by atoms with Gasteiger partial charge in [0.25, 0.3) is 0 Å². The van der Waals surface area contributed by atoms with Crippen LogP contribution in [0.15, 0.2) is 18.2 Å². The Morgan fingerprint density at radius 1 is 1.50 bits per heavy atom. The molecule has 110 valence electrons. The van der Waals surface area contributed by atoms with Gasteiger partial charge in [0, 0.05) is 5.56 Å². The van der Waals surface area contributed by atoms with E-state index in [4.69, 9.17) is 29.6 Å². The number of carbonyl (C=O) groups excluding carboxylic acids is 1. The summed E-state index contributed by atoms with van der Waals surface area (Å²) in [7, 11) is -4.16. The summed E-state index contributed by atoms with van der Waals surface area (Å²) in [5.41, 5.74) is 5.90. The third-order valence-corrected chi connectivity index (χ3v) is 3.48. The normalized spacial score (nSPS) is 10.7. The summed E-state index contributed by atoms with van der Waals surface area (Å²) < 4.78 is 31.6. The molecule has 1 aromatic rings. The van der Waals surface area contributed by atoms with Gasteiger partial charge in [-0.25, -0.2) is 9.52 Å². The molecule has 10 heteroatoms. The van der Waals surface area contributed by atoms with Gasteiger partial charge in [0.2, 0.25) is 0 Å². The van der Waals surface area contributed by atoms with Crippen molar-refractivity contribution in [1.82, 2.24) is 4.72 Å². The number of nitrogens with two attached hydrogens (primary N) is 1. The molecule has 0 unspecified atom stereocenters. The molecule has 20 heavy (non-hydrogen) atoms. The summed E-state index contributed by atoms with van der Waals surface area (Å²) in [6, 6.07) is 4.33. The SMILES string of the molecule is CCOC(=O)NS(=O)(=O)Nc1cc(C(N)=S)ccc1Cl. The highest BCUT2D eigenvalue weighted by Crippen LogP contribution is 2.23. The minimum atomic E-state index is -4.16. The van der Waals surface area contributed by atoms with Gasteiger partial charge in [-0.05, 0) is 19.1 Å². The van der Waals surface area contributed by atoms with Crippen molar-refractivity contribution in [2.24, 2.45) is 5.73 Å². The Labute approximate surface area is 126 Å². The largest absolute Gasteiger partial charge is 0.449 e. The maximum Gasteiger partial charge on any atom is 0.422 e. The number of ether oxygens (including phenoxy) is 1. The Morgan fingerprint density at radius 2 is 2.15 bits per heavy atom. The third kappa shape index (κ3) is 4.83. The summed E-state index contributed by atoms with van der Waals surface area (Å²) in [5.74, 6) is 0. The lowest BCUT2D eigenvalue weighted by Crippen LogP contribution is -2.35. The second-order valence-electron chi connectivity index (χ2n) is 3.49. The van der Waals surface area contributed by atoms with Gasteiger partial charge in [-0.3, -0.25) is 4.72 Å². The molecule has 0 radical (unpaired) electrons. The van der Waals surface area contributed by atoms with E-state index in [9.17, 15) is 13.2 Å². The summed E-state index contributed by atoms with van der Waals surface area (Å²) in [6.07, 6.45) is -1.10. The number of anilines is 1. The Kier molecular flexibility index (Phi) is 5.54. The highest BCUT2D eigenvalue weighted by Gasteiger charge is 2.17. The van der Waals surface area contributed by atoms with Crippen LogP contribution in [-0.4, -0.2) is 26.1 Å². The van der Waals surface area contributed by atoms with E-state index >= 15 is 0 Å². The number of amides is 1. The Hall–Kier alpha value is -1.58. The zero-order valence-corrected chi connectivity index (χ0v) is 12.7. The molecule has 0 saturated carbocycles. The summed E-state index contributed by atoms with van der Waals surface area (Å²) >= 11 is 10.6. The van der Waals surface area contributed by atoms with E-state index in [1.165, 1.54) is 12.1 Å². The fraction of sp³-hybridized carbons (Fsp3) is 0.200. The Bertz CT molecular complexity index is 633. The number of hydrogen-bond donors (Lipinski definition) is 3. The van der Waals surface area contributed by atoms with Crippen molar-refractivity contribution in [2.75, 3.05) is 11.3 Å². The van der Waals surface area contributed by atoms with Gasteiger partial charge in [0.15, 0.2) is 0 Å². The second kappa shape index (κ2) is 6.73. The molecule has 0 aliphatic heterocycles. The molecule has 0 bridgehead atoms. The van der Waals surface area contributed by atoms with Gasteiger partial charge >= 0.3 is 16.3 Å². The lowest BCUT2D eigenvalue weighted by atomic mass is 10.2. The molecular weight excluding hydrogens is 326 g/mol. The van der Waals surface area contributed by atoms with Gasteiger partial charge in [-0.2, -0.15) is 8.42 Å². The van der Waals surface area contributed by atoms with E-state index in [1.54, 1.807) is 17.7 Å².